The number of benzene rings is 2. The smallest absolute Gasteiger partial charge is 0.229 e. The lowest BCUT2D eigenvalue weighted by Gasteiger charge is -2.22. The first-order valence-electron chi connectivity index (χ1n) is 9.53. The number of carbonyl (C=O) groups is 2. The van der Waals surface area contributed by atoms with Gasteiger partial charge in [0.05, 0.1) is 17.4 Å². The van der Waals surface area contributed by atoms with Crippen LogP contribution in [0.2, 0.25) is 0 Å². The first-order valence-corrected chi connectivity index (χ1v) is 11.4. The minimum absolute atomic E-state index is 0.00401. The summed E-state index contributed by atoms with van der Waals surface area (Å²) >= 11 is 0. The predicted molar refractivity (Wildman–Crippen MR) is 108 cm³/mol. The van der Waals surface area contributed by atoms with Gasteiger partial charge < -0.3 is 15.0 Å². The number of anilines is 1. The van der Waals surface area contributed by atoms with E-state index < -0.39 is 15.8 Å². The van der Waals surface area contributed by atoms with Crippen LogP contribution in [-0.4, -0.2) is 49.2 Å². The van der Waals surface area contributed by atoms with Gasteiger partial charge in [-0.25, -0.2) is 8.42 Å². The Balaban J connectivity index is 1.34. The molecule has 7 nitrogen and oxygen atoms in total. The number of rotatable bonds is 5. The maximum Gasteiger partial charge on any atom is 0.229 e. The number of nitrogens with one attached hydrogen (secondary N) is 1. The number of nitrogens with zero attached hydrogens (tertiary/aromatic N) is 1. The molecule has 0 aliphatic carbocycles. The van der Waals surface area contributed by atoms with Crippen LogP contribution in [0.4, 0.5) is 5.69 Å². The zero-order valence-corrected chi connectivity index (χ0v) is 16.6. The number of sulfone groups is 1. The Kier molecular flexibility index (Phi) is 5.27. The summed E-state index contributed by atoms with van der Waals surface area (Å²) in [6.45, 7) is 0.264. The average molecular weight is 414 g/mol. The van der Waals surface area contributed by atoms with Crippen molar-refractivity contribution in [2.75, 3.05) is 23.4 Å². The van der Waals surface area contributed by atoms with E-state index in [-0.39, 0.29) is 42.3 Å². The van der Waals surface area contributed by atoms with Crippen molar-refractivity contribution in [3.63, 3.8) is 0 Å². The van der Waals surface area contributed by atoms with Crippen LogP contribution in [0.3, 0.4) is 0 Å². The number of hydrogen-bond donors (Lipinski definition) is 1. The molecular formula is C21H22N2O5S. The number of para-hydroxylation sites is 1. The molecule has 2 amide bonds. The molecule has 2 saturated heterocycles. The van der Waals surface area contributed by atoms with Crippen molar-refractivity contribution < 1.29 is 22.7 Å². The molecule has 0 radical (unpaired) electrons. The molecule has 1 N–H and O–H groups in total. The Morgan fingerprint density at radius 1 is 1.03 bits per heavy atom. The van der Waals surface area contributed by atoms with E-state index >= 15 is 0 Å². The second kappa shape index (κ2) is 7.87. The van der Waals surface area contributed by atoms with E-state index in [4.69, 9.17) is 4.74 Å². The molecule has 2 aromatic rings. The van der Waals surface area contributed by atoms with Crippen LogP contribution < -0.4 is 10.1 Å². The zero-order chi connectivity index (χ0) is 20.4. The molecule has 4 rings (SSSR count). The van der Waals surface area contributed by atoms with Gasteiger partial charge in [-0.05, 0) is 42.8 Å². The van der Waals surface area contributed by atoms with Crippen LogP contribution in [-0.2, 0) is 19.4 Å². The average Bonchev–Trinajstić information content (AvgIpc) is 3.26. The van der Waals surface area contributed by atoms with E-state index in [2.05, 4.69) is 5.32 Å². The molecule has 2 fully saturated rings. The van der Waals surface area contributed by atoms with Gasteiger partial charge in [0.15, 0.2) is 9.84 Å². The fourth-order valence-electron chi connectivity index (χ4n) is 3.76. The van der Waals surface area contributed by atoms with E-state index in [1.807, 2.05) is 30.3 Å². The molecule has 2 aliphatic rings. The molecule has 2 aromatic carbocycles. The highest BCUT2D eigenvalue weighted by Crippen LogP contribution is 2.28. The van der Waals surface area contributed by atoms with Crippen molar-refractivity contribution in [1.29, 1.82) is 0 Å². The molecule has 8 heteroatoms. The minimum Gasteiger partial charge on any atom is -0.457 e. The minimum atomic E-state index is -3.08. The van der Waals surface area contributed by atoms with Crippen molar-refractivity contribution >= 4 is 27.3 Å². The summed E-state index contributed by atoms with van der Waals surface area (Å²) < 4.78 is 29.1. The Morgan fingerprint density at radius 2 is 1.72 bits per heavy atom. The van der Waals surface area contributed by atoms with Crippen molar-refractivity contribution in [3.8, 4) is 11.5 Å². The highest BCUT2D eigenvalue weighted by Gasteiger charge is 2.41. The lowest BCUT2D eigenvalue weighted by atomic mass is 10.1. The predicted octanol–water partition coefficient (Wildman–Crippen LogP) is 2.45. The summed E-state index contributed by atoms with van der Waals surface area (Å²) in [5.41, 5.74) is 0.616. The van der Waals surface area contributed by atoms with Crippen LogP contribution in [0.5, 0.6) is 11.5 Å². The second-order valence-corrected chi connectivity index (χ2v) is 9.66. The largest absolute Gasteiger partial charge is 0.457 e. The normalized spacial score (nSPS) is 23.2. The van der Waals surface area contributed by atoms with Gasteiger partial charge >= 0.3 is 0 Å². The van der Waals surface area contributed by atoms with E-state index in [1.54, 1.807) is 29.2 Å². The van der Waals surface area contributed by atoms with Crippen molar-refractivity contribution in [2.45, 2.75) is 18.9 Å². The van der Waals surface area contributed by atoms with Crippen molar-refractivity contribution in [1.82, 2.24) is 4.90 Å². The van der Waals surface area contributed by atoms with Gasteiger partial charge in [0.25, 0.3) is 0 Å². The van der Waals surface area contributed by atoms with Gasteiger partial charge in [0.1, 0.15) is 11.5 Å². The number of amides is 2. The molecular weight excluding hydrogens is 392 g/mol. The SMILES string of the molecule is O=C(Nc1ccc(Oc2ccccc2)cc1)[C@@H]1CC(=O)N([C@H]2CCS(=O)(=O)C2)C1. The topological polar surface area (TPSA) is 92.8 Å². The molecule has 2 aliphatic heterocycles. The molecule has 0 bridgehead atoms. The third kappa shape index (κ3) is 4.59. The molecule has 0 unspecified atom stereocenters. The first-order chi connectivity index (χ1) is 13.9. The number of ether oxygens (including phenoxy) is 1. The molecule has 0 saturated carbocycles. The summed E-state index contributed by atoms with van der Waals surface area (Å²) in [4.78, 5) is 26.4. The molecule has 2 heterocycles. The van der Waals surface area contributed by atoms with Crippen LogP contribution in [0.1, 0.15) is 12.8 Å². The standard InChI is InChI=1S/C21H22N2O5S/c24-20-12-15(13-23(20)17-10-11-29(26,27)14-17)21(25)22-16-6-8-19(9-7-16)28-18-4-2-1-3-5-18/h1-9,15,17H,10-14H2,(H,22,25)/t15-,17+/m1/s1. The Morgan fingerprint density at radius 3 is 2.38 bits per heavy atom. The maximum absolute atomic E-state index is 12.6. The fraction of sp³-hybridized carbons (Fsp3) is 0.333. The van der Waals surface area contributed by atoms with Crippen LogP contribution in [0.15, 0.2) is 54.6 Å². The van der Waals surface area contributed by atoms with Gasteiger partial charge in [-0.2, -0.15) is 0 Å². The van der Waals surface area contributed by atoms with E-state index in [1.165, 1.54) is 0 Å². The number of likely N-dealkylation sites (tertiary alicyclic amines) is 1. The van der Waals surface area contributed by atoms with Crippen LogP contribution >= 0.6 is 0 Å². The summed E-state index contributed by atoms with van der Waals surface area (Å²) in [6, 6.07) is 16.1. The lowest BCUT2D eigenvalue weighted by molar-refractivity contribution is -0.129. The summed E-state index contributed by atoms with van der Waals surface area (Å²) in [6.07, 6.45) is 0.558. The van der Waals surface area contributed by atoms with Gasteiger partial charge in [0, 0.05) is 24.7 Å². The summed E-state index contributed by atoms with van der Waals surface area (Å²) in [7, 11) is -3.08. The first kappa shape index (κ1) is 19.4. The lowest BCUT2D eigenvalue weighted by Crippen LogP contribution is -2.38. The summed E-state index contributed by atoms with van der Waals surface area (Å²) in [5.74, 6) is 0.607. The monoisotopic (exact) mass is 414 g/mol. The van der Waals surface area contributed by atoms with Crippen LogP contribution in [0.25, 0.3) is 0 Å². The highest BCUT2D eigenvalue weighted by atomic mass is 32.2. The van der Waals surface area contributed by atoms with Gasteiger partial charge in [-0.1, -0.05) is 18.2 Å². The molecule has 2 atom stereocenters. The van der Waals surface area contributed by atoms with Gasteiger partial charge in [0.2, 0.25) is 11.8 Å². The highest BCUT2D eigenvalue weighted by molar-refractivity contribution is 7.91. The molecule has 29 heavy (non-hydrogen) atoms. The van der Waals surface area contributed by atoms with Crippen molar-refractivity contribution in [2.24, 2.45) is 5.92 Å². The number of carbonyl (C=O) groups excluding carboxylic acids is 2. The Hall–Kier alpha value is -2.87. The zero-order valence-electron chi connectivity index (χ0n) is 15.8. The van der Waals surface area contributed by atoms with E-state index in [0.29, 0.717) is 17.9 Å². The maximum atomic E-state index is 12.6. The third-order valence-electron chi connectivity index (χ3n) is 5.28. The second-order valence-electron chi connectivity index (χ2n) is 7.43. The van der Waals surface area contributed by atoms with Gasteiger partial charge in [-0.15, -0.1) is 0 Å². The Labute approximate surface area is 169 Å². The van der Waals surface area contributed by atoms with Crippen molar-refractivity contribution in [3.05, 3.63) is 54.6 Å². The quantitative estimate of drug-likeness (QED) is 0.811. The molecule has 152 valence electrons. The fourth-order valence-corrected chi connectivity index (χ4v) is 5.49. The Bertz CT molecular complexity index is 1010. The number of hydrogen-bond acceptors (Lipinski definition) is 5. The van der Waals surface area contributed by atoms with Gasteiger partial charge in [-0.3, -0.25) is 9.59 Å². The van der Waals surface area contributed by atoms with E-state index in [9.17, 15) is 18.0 Å². The molecule has 0 spiro atoms. The third-order valence-corrected chi connectivity index (χ3v) is 7.03. The molecule has 0 aromatic heterocycles. The van der Waals surface area contributed by atoms with E-state index in [0.717, 1.165) is 5.75 Å². The van der Waals surface area contributed by atoms with Crippen LogP contribution in [0, 0.1) is 5.92 Å². The summed E-state index contributed by atoms with van der Waals surface area (Å²) in [5, 5.41) is 2.83.